The molecule has 0 saturated carbocycles. The van der Waals surface area contributed by atoms with Crippen LogP contribution in [0.2, 0.25) is 0 Å². The number of likely N-dealkylation sites (N-methyl/N-ethyl adjacent to an activating group) is 1. The zero-order valence-corrected chi connectivity index (χ0v) is 23.7. The summed E-state index contributed by atoms with van der Waals surface area (Å²) >= 11 is 0. The molecule has 3 aromatic rings. The first-order chi connectivity index (χ1) is 17.9. The van der Waals surface area contributed by atoms with E-state index >= 15 is 0 Å². The molecule has 2 aromatic carbocycles. The third-order valence-electron chi connectivity index (χ3n) is 6.46. The van der Waals surface area contributed by atoms with Crippen molar-refractivity contribution >= 4 is 44.5 Å². The molecule has 0 atom stereocenters. The molecule has 1 aliphatic heterocycles. The normalized spacial score (nSPS) is 14.7. The monoisotopic (exact) mass is 539 g/mol. The van der Waals surface area contributed by atoms with Gasteiger partial charge in [-0.25, -0.2) is 13.4 Å². The summed E-state index contributed by atoms with van der Waals surface area (Å²) in [5.41, 5.74) is 3.89. The number of rotatable bonds is 8. The van der Waals surface area contributed by atoms with E-state index in [4.69, 9.17) is 4.74 Å². The predicted molar refractivity (Wildman–Crippen MR) is 155 cm³/mol. The van der Waals surface area contributed by atoms with Gasteiger partial charge >= 0.3 is 0 Å². The molecule has 0 radical (unpaired) electrons. The molecule has 0 unspecified atom stereocenters. The second-order valence-corrected chi connectivity index (χ2v) is 12.9. The highest BCUT2D eigenvalue weighted by Gasteiger charge is 2.29. The van der Waals surface area contributed by atoms with Gasteiger partial charge in [-0.2, -0.15) is 4.98 Å². The van der Waals surface area contributed by atoms with Gasteiger partial charge in [0.15, 0.2) is 0 Å². The number of piperazine rings is 1. The fourth-order valence-corrected chi connectivity index (χ4v) is 4.64. The van der Waals surface area contributed by atoms with Crippen molar-refractivity contribution in [1.29, 1.82) is 0 Å². The lowest BCUT2D eigenvalue weighted by molar-refractivity contribution is 0.312. The van der Waals surface area contributed by atoms with Crippen LogP contribution in [0.4, 0.5) is 34.5 Å². The Balaban J connectivity index is 1.51. The Bertz CT molecular complexity index is 1380. The van der Waals surface area contributed by atoms with Gasteiger partial charge in [0.2, 0.25) is 16.0 Å². The van der Waals surface area contributed by atoms with Crippen LogP contribution in [-0.4, -0.2) is 68.4 Å². The Hall–Kier alpha value is -3.57. The number of methoxy groups -OCH3 is 1. The summed E-state index contributed by atoms with van der Waals surface area (Å²) in [6.45, 7) is 10.9. The highest BCUT2D eigenvalue weighted by Crippen LogP contribution is 2.32. The van der Waals surface area contributed by atoms with Crippen LogP contribution in [-0.2, 0) is 10.0 Å². The van der Waals surface area contributed by atoms with E-state index in [0.717, 1.165) is 43.1 Å². The van der Waals surface area contributed by atoms with Gasteiger partial charge in [0.1, 0.15) is 11.6 Å². The maximum Gasteiger partial charge on any atom is 0.237 e. The molecule has 0 spiro atoms. The first-order valence-electron chi connectivity index (χ1n) is 12.6. The number of nitrogens with zero attached hydrogens (tertiary/aromatic N) is 4. The van der Waals surface area contributed by atoms with E-state index in [1.807, 2.05) is 25.1 Å². The molecule has 11 heteroatoms. The number of hydrogen-bond donors (Lipinski definition) is 3. The minimum atomic E-state index is -3.54. The maximum absolute atomic E-state index is 12.6. The molecule has 1 fully saturated rings. The lowest BCUT2D eigenvalue weighted by atomic mass is 10.2. The molecule has 204 valence electrons. The number of anilines is 6. The summed E-state index contributed by atoms with van der Waals surface area (Å²) in [5.74, 6) is 1.72. The van der Waals surface area contributed by atoms with Crippen molar-refractivity contribution in [3.8, 4) is 5.75 Å². The zero-order chi connectivity index (χ0) is 27.5. The van der Waals surface area contributed by atoms with E-state index in [-0.39, 0.29) is 0 Å². The average molecular weight is 540 g/mol. The number of nitrogens with one attached hydrogen (secondary N) is 3. The van der Waals surface area contributed by atoms with Gasteiger partial charge in [0.25, 0.3) is 0 Å². The molecule has 0 aliphatic carbocycles. The Morgan fingerprint density at radius 2 is 1.68 bits per heavy atom. The van der Waals surface area contributed by atoms with E-state index in [2.05, 4.69) is 48.2 Å². The molecule has 10 nitrogen and oxygen atoms in total. The van der Waals surface area contributed by atoms with Crippen LogP contribution in [0.1, 0.15) is 26.3 Å². The van der Waals surface area contributed by atoms with Crippen LogP contribution in [0.25, 0.3) is 0 Å². The van der Waals surface area contributed by atoms with E-state index in [9.17, 15) is 8.42 Å². The second kappa shape index (κ2) is 11.0. The minimum absolute atomic E-state index is 0.410. The fourth-order valence-electron chi connectivity index (χ4n) is 3.90. The van der Waals surface area contributed by atoms with Gasteiger partial charge in [0.05, 0.1) is 23.2 Å². The first-order valence-corrected chi connectivity index (χ1v) is 14.0. The lowest BCUT2D eigenvalue weighted by Gasteiger charge is -2.34. The van der Waals surface area contributed by atoms with Crippen molar-refractivity contribution in [3.05, 3.63) is 54.2 Å². The highest BCUT2D eigenvalue weighted by atomic mass is 32.2. The van der Waals surface area contributed by atoms with Gasteiger partial charge in [-0.1, -0.05) is 6.07 Å². The van der Waals surface area contributed by atoms with Crippen molar-refractivity contribution in [2.75, 3.05) is 60.6 Å². The van der Waals surface area contributed by atoms with Crippen LogP contribution >= 0.6 is 0 Å². The van der Waals surface area contributed by atoms with Crippen LogP contribution in [0, 0.1) is 6.92 Å². The van der Waals surface area contributed by atoms with Crippen LogP contribution in [0.15, 0.2) is 48.7 Å². The maximum atomic E-state index is 12.6. The van der Waals surface area contributed by atoms with Crippen molar-refractivity contribution in [2.45, 2.75) is 32.4 Å². The van der Waals surface area contributed by atoms with Crippen molar-refractivity contribution < 1.29 is 13.2 Å². The first kappa shape index (κ1) is 27.5. The van der Waals surface area contributed by atoms with Gasteiger partial charge < -0.3 is 25.2 Å². The summed E-state index contributed by atoms with van der Waals surface area (Å²) in [6.07, 6.45) is 1.73. The Kier molecular flexibility index (Phi) is 7.98. The molecular weight excluding hydrogens is 502 g/mol. The standard InChI is InChI=1S/C27H37N7O3S/c1-19-18-28-26(30-23-11-10-22(17-24(23)37-6)34-14-12-33(5)13-15-34)31-25(19)29-20-8-7-9-21(16-20)32-38(35,36)27(2,3)4/h7-11,16-18,32H,12-15H2,1-6H3,(H2,28,29,30,31). The fraction of sp³-hybridized carbons (Fsp3) is 0.407. The van der Waals surface area contributed by atoms with Crippen LogP contribution < -0.4 is 25.0 Å². The third-order valence-corrected chi connectivity index (χ3v) is 8.57. The molecule has 38 heavy (non-hydrogen) atoms. The van der Waals surface area contributed by atoms with Gasteiger partial charge in [-0.3, -0.25) is 4.72 Å². The highest BCUT2D eigenvalue weighted by molar-refractivity contribution is 7.94. The number of benzene rings is 2. The van der Waals surface area contributed by atoms with E-state index in [0.29, 0.717) is 28.9 Å². The number of aryl methyl sites for hydroxylation is 1. The number of hydrogen-bond acceptors (Lipinski definition) is 9. The number of aromatic nitrogens is 2. The predicted octanol–water partition coefficient (Wildman–Crippen LogP) is 4.57. The molecule has 2 heterocycles. The van der Waals surface area contributed by atoms with Gasteiger partial charge in [-0.15, -0.1) is 0 Å². The molecular formula is C27H37N7O3S. The zero-order valence-electron chi connectivity index (χ0n) is 22.9. The third kappa shape index (κ3) is 6.46. The molecule has 0 bridgehead atoms. The molecule has 3 N–H and O–H groups in total. The quantitative estimate of drug-likeness (QED) is 0.379. The second-order valence-electron chi connectivity index (χ2n) is 10.4. The SMILES string of the molecule is COc1cc(N2CCN(C)CC2)ccc1Nc1ncc(C)c(Nc2cccc(NS(=O)(=O)C(C)(C)C)c2)n1. The van der Waals surface area contributed by atoms with Crippen molar-refractivity contribution in [3.63, 3.8) is 0 Å². The summed E-state index contributed by atoms with van der Waals surface area (Å²) < 4.78 is 32.5. The number of sulfonamides is 1. The van der Waals surface area contributed by atoms with E-state index < -0.39 is 14.8 Å². The van der Waals surface area contributed by atoms with Gasteiger partial charge in [-0.05, 0) is 65.1 Å². The smallest absolute Gasteiger partial charge is 0.237 e. The summed E-state index contributed by atoms with van der Waals surface area (Å²) in [7, 11) is 0.251. The van der Waals surface area contributed by atoms with Crippen molar-refractivity contribution in [2.24, 2.45) is 0 Å². The summed E-state index contributed by atoms with van der Waals surface area (Å²) in [6, 6.07) is 13.2. The number of ether oxygens (including phenoxy) is 1. The topological polar surface area (TPSA) is 112 Å². The molecule has 1 saturated heterocycles. The Morgan fingerprint density at radius 3 is 2.37 bits per heavy atom. The molecule has 1 aliphatic rings. The van der Waals surface area contributed by atoms with Gasteiger partial charge in [0, 0.05) is 55.4 Å². The Morgan fingerprint density at radius 1 is 0.974 bits per heavy atom. The Labute approximate surface area is 225 Å². The van der Waals surface area contributed by atoms with Crippen LogP contribution in [0.5, 0.6) is 5.75 Å². The van der Waals surface area contributed by atoms with Crippen LogP contribution in [0.3, 0.4) is 0 Å². The van der Waals surface area contributed by atoms with E-state index in [1.165, 1.54) is 0 Å². The average Bonchev–Trinajstić information content (AvgIpc) is 2.86. The molecule has 1 aromatic heterocycles. The minimum Gasteiger partial charge on any atom is -0.494 e. The lowest BCUT2D eigenvalue weighted by Crippen LogP contribution is -2.44. The van der Waals surface area contributed by atoms with E-state index in [1.54, 1.807) is 52.3 Å². The summed E-state index contributed by atoms with van der Waals surface area (Å²) in [5, 5.41) is 6.55. The summed E-state index contributed by atoms with van der Waals surface area (Å²) in [4.78, 5) is 13.8. The largest absolute Gasteiger partial charge is 0.494 e. The molecule has 4 rings (SSSR count). The van der Waals surface area contributed by atoms with Crippen molar-refractivity contribution in [1.82, 2.24) is 14.9 Å². The molecule has 0 amide bonds.